The predicted octanol–water partition coefficient (Wildman–Crippen LogP) is 2.02. The molecule has 0 saturated carbocycles. The second-order valence-corrected chi connectivity index (χ2v) is 9.89. The normalized spacial score (nSPS) is 15.5. The van der Waals surface area contributed by atoms with Gasteiger partial charge < -0.3 is 10.0 Å². The Hall–Kier alpha value is -2.40. The van der Waals surface area contributed by atoms with E-state index >= 15 is 0 Å². The summed E-state index contributed by atoms with van der Waals surface area (Å²) in [7, 11) is -3.42. The molecule has 10 heteroatoms. The Kier molecular flexibility index (Phi) is 6.09. The minimum atomic E-state index is -3.42. The van der Waals surface area contributed by atoms with Crippen molar-refractivity contribution < 1.29 is 13.5 Å². The van der Waals surface area contributed by atoms with Gasteiger partial charge in [-0.1, -0.05) is 29.8 Å². The molecule has 8 nitrogen and oxygen atoms in total. The molecule has 1 aliphatic heterocycles. The van der Waals surface area contributed by atoms with E-state index in [1.807, 2.05) is 42.6 Å². The van der Waals surface area contributed by atoms with E-state index in [1.165, 1.54) is 21.4 Å². The fourth-order valence-electron chi connectivity index (χ4n) is 3.35. The van der Waals surface area contributed by atoms with Gasteiger partial charge in [0.1, 0.15) is 5.82 Å². The number of sulfonamides is 1. The molecule has 0 unspecified atom stereocenters. The second-order valence-electron chi connectivity index (χ2n) is 7.14. The summed E-state index contributed by atoms with van der Waals surface area (Å²) < 4.78 is 30.0. The summed E-state index contributed by atoms with van der Waals surface area (Å²) in [6, 6.07) is 10.1. The number of aryl methyl sites for hydroxylation is 1. The first-order valence-corrected chi connectivity index (χ1v) is 12.1. The summed E-state index contributed by atoms with van der Waals surface area (Å²) in [5, 5.41) is 10.9. The van der Waals surface area contributed by atoms with Crippen molar-refractivity contribution >= 4 is 27.4 Å². The van der Waals surface area contributed by atoms with E-state index in [0.29, 0.717) is 32.0 Å². The first kappa shape index (κ1) is 20.9. The van der Waals surface area contributed by atoms with Crippen LogP contribution in [0.2, 0.25) is 0 Å². The highest BCUT2D eigenvalue weighted by molar-refractivity contribution is 7.89. The molecule has 1 aromatic carbocycles. The van der Waals surface area contributed by atoms with Crippen LogP contribution < -0.4 is 4.90 Å². The topological polar surface area (TPSA) is 99.5 Å². The van der Waals surface area contributed by atoms with Gasteiger partial charge in [-0.3, -0.25) is 0 Å². The van der Waals surface area contributed by atoms with Crippen molar-refractivity contribution in [1.82, 2.24) is 18.6 Å². The van der Waals surface area contributed by atoms with E-state index in [0.717, 1.165) is 22.6 Å². The van der Waals surface area contributed by atoms with E-state index in [1.54, 1.807) is 6.20 Å². The van der Waals surface area contributed by atoms with Crippen LogP contribution in [0.5, 0.6) is 0 Å². The molecule has 0 aliphatic carbocycles. The van der Waals surface area contributed by atoms with Gasteiger partial charge in [0, 0.05) is 43.2 Å². The van der Waals surface area contributed by atoms with Crippen LogP contribution in [0.4, 0.5) is 5.82 Å². The highest BCUT2D eigenvalue weighted by Gasteiger charge is 2.27. The maximum absolute atomic E-state index is 12.2. The number of hydrogen-bond donors (Lipinski definition) is 1. The molecule has 0 radical (unpaired) electrons. The Morgan fingerprint density at radius 2 is 1.80 bits per heavy atom. The number of piperazine rings is 1. The van der Waals surface area contributed by atoms with E-state index in [4.69, 9.17) is 15.1 Å². The van der Waals surface area contributed by atoms with E-state index in [2.05, 4.69) is 9.27 Å². The van der Waals surface area contributed by atoms with Crippen LogP contribution in [0.1, 0.15) is 5.56 Å². The summed E-state index contributed by atoms with van der Waals surface area (Å²) in [5.74, 6) is 1.13. The van der Waals surface area contributed by atoms with Gasteiger partial charge in [-0.2, -0.15) is 4.31 Å². The number of aliphatic hydroxyl groups excluding tert-OH is 1. The molecule has 1 fully saturated rings. The highest BCUT2D eigenvalue weighted by atomic mass is 32.2. The maximum atomic E-state index is 12.2. The summed E-state index contributed by atoms with van der Waals surface area (Å²) in [5.41, 5.74) is 3.85. The van der Waals surface area contributed by atoms with Crippen LogP contribution in [0.3, 0.4) is 0 Å². The van der Waals surface area contributed by atoms with Gasteiger partial charge in [0.2, 0.25) is 10.0 Å². The lowest BCUT2D eigenvalue weighted by atomic mass is 10.1. The van der Waals surface area contributed by atoms with Gasteiger partial charge in [-0.25, -0.2) is 22.8 Å². The van der Waals surface area contributed by atoms with Gasteiger partial charge in [0.25, 0.3) is 0 Å². The van der Waals surface area contributed by atoms with Crippen molar-refractivity contribution in [1.29, 1.82) is 0 Å². The molecular formula is C20H23N5O3S2. The zero-order valence-corrected chi connectivity index (χ0v) is 18.2. The molecule has 1 N–H and O–H groups in total. The fraction of sp³-hybridized carbons (Fsp3) is 0.350. The smallest absolute Gasteiger partial charge is 0.216 e. The number of rotatable bonds is 6. The summed E-state index contributed by atoms with van der Waals surface area (Å²) >= 11 is 1.35. The Morgan fingerprint density at radius 1 is 1.07 bits per heavy atom. The fourth-order valence-corrected chi connectivity index (χ4v) is 5.08. The monoisotopic (exact) mass is 445 g/mol. The molecule has 0 bridgehead atoms. The molecule has 0 amide bonds. The molecule has 158 valence electrons. The zero-order valence-electron chi connectivity index (χ0n) is 16.6. The largest absolute Gasteiger partial charge is 0.395 e. The van der Waals surface area contributed by atoms with Crippen molar-refractivity contribution in [2.45, 2.75) is 6.92 Å². The van der Waals surface area contributed by atoms with Gasteiger partial charge in [0.15, 0.2) is 5.82 Å². The average Bonchev–Trinajstić information content (AvgIpc) is 3.29. The quantitative estimate of drug-likeness (QED) is 0.620. The highest BCUT2D eigenvalue weighted by Crippen LogP contribution is 2.27. The van der Waals surface area contributed by atoms with Crippen molar-refractivity contribution in [2.24, 2.45) is 0 Å². The molecular weight excluding hydrogens is 422 g/mol. The Labute approximate surface area is 180 Å². The Bertz CT molecular complexity index is 1090. The van der Waals surface area contributed by atoms with Crippen LogP contribution in [0, 0.1) is 6.92 Å². The Morgan fingerprint density at radius 3 is 2.43 bits per heavy atom. The summed E-state index contributed by atoms with van der Waals surface area (Å²) in [4.78, 5) is 11.6. The number of anilines is 1. The zero-order chi connectivity index (χ0) is 21.1. The third-order valence-electron chi connectivity index (χ3n) is 5.06. The van der Waals surface area contributed by atoms with E-state index < -0.39 is 10.0 Å². The lowest BCUT2D eigenvalue weighted by molar-refractivity contribution is 0.312. The first-order chi connectivity index (χ1) is 14.5. The van der Waals surface area contributed by atoms with Crippen LogP contribution in [-0.4, -0.2) is 70.7 Å². The Balaban J connectivity index is 1.64. The van der Waals surface area contributed by atoms with Crippen LogP contribution in [0.25, 0.3) is 22.6 Å². The average molecular weight is 446 g/mol. The minimum absolute atomic E-state index is 0.243. The lowest BCUT2D eigenvalue weighted by Crippen LogP contribution is -2.49. The van der Waals surface area contributed by atoms with Gasteiger partial charge >= 0.3 is 0 Å². The van der Waals surface area contributed by atoms with Crippen molar-refractivity contribution in [3.8, 4) is 22.6 Å². The van der Waals surface area contributed by atoms with Gasteiger partial charge in [0.05, 0.1) is 29.8 Å². The molecule has 3 heterocycles. The number of aliphatic hydroxyl groups is 1. The van der Waals surface area contributed by atoms with Gasteiger partial charge in [-0.15, -0.1) is 0 Å². The van der Waals surface area contributed by atoms with Gasteiger partial charge in [-0.05, 0) is 18.5 Å². The third kappa shape index (κ3) is 4.51. The van der Waals surface area contributed by atoms with Crippen molar-refractivity contribution in [3.63, 3.8) is 0 Å². The second kappa shape index (κ2) is 8.76. The minimum Gasteiger partial charge on any atom is -0.395 e. The maximum Gasteiger partial charge on any atom is 0.216 e. The number of aromatic nitrogens is 3. The molecule has 2 aromatic heterocycles. The number of benzene rings is 1. The molecule has 30 heavy (non-hydrogen) atoms. The number of nitrogens with zero attached hydrogens (tertiary/aromatic N) is 5. The molecule has 0 atom stereocenters. The predicted molar refractivity (Wildman–Crippen MR) is 118 cm³/mol. The molecule has 0 spiro atoms. The molecule has 1 aliphatic rings. The molecule has 1 saturated heterocycles. The number of hydrogen-bond acceptors (Lipinski definition) is 8. The first-order valence-electron chi connectivity index (χ1n) is 9.66. The summed E-state index contributed by atoms with van der Waals surface area (Å²) in [6.45, 7) is 3.45. The summed E-state index contributed by atoms with van der Waals surface area (Å²) in [6.07, 6.45) is 1.75. The van der Waals surface area contributed by atoms with E-state index in [9.17, 15) is 8.42 Å². The molecule has 3 aromatic rings. The van der Waals surface area contributed by atoms with Crippen molar-refractivity contribution in [2.75, 3.05) is 43.4 Å². The third-order valence-corrected chi connectivity index (χ3v) is 7.49. The van der Waals surface area contributed by atoms with Crippen molar-refractivity contribution in [3.05, 3.63) is 47.5 Å². The van der Waals surface area contributed by atoms with Crippen LogP contribution in [-0.2, 0) is 10.0 Å². The molecule has 4 rings (SSSR count). The van der Waals surface area contributed by atoms with Crippen LogP contribution in [0.15, 0.2) is 41.9 Å². The SMILES string of the molecule is Cc1ccc(-c2cc(N3CCN(S(=O)(=O)CCO)CC3)nc(-c3cnsc3)n2)cc1. The van der Waals surface area contributed by atoms with E-state index in [-0.39, 0.29) is 12.4 Å². The lowest BCUT2D eigenvalue weighted by Gasteiger charge is -2.34. The standard InChI is InChI=1S/C20H23N5O3S2/c1-15-2-4-16(5-3-15)18-12-19(23-20(22-18)17-13-21-29-14-17)24-6-8-25(9-7-24)30(27,28)11-10-26/h2-5,12-14,26H,6-11H2,1H3. The van der Waals surface area contributed by atoms with Crippen LogP contribution >= 0.6 is 11.5 Å².